The number of anilines is 3. The summed E-state index contributed by atoms with van der Waals surface area (Å²) in [6.45, 7) is 2.87. The van der Waals surface area contributed by atoms with E-state index in [4.69, 9.17) is 5.73 Å². The van der Waals surface area contributed by atoms with Gasteiger partial charge in [0.2, 0.25) is 5.95 Å². The maximum atomic E-state index is 5.69. The summed E-state index contributed by atoms with van der Waals surface area (Å²) in [4.78, 5) is 8.36. The van der Waals surface area contributed by atoms with Gasteiger partial charge in [0, 0.05) is 18.7 Å². The van der Waals surface area contributed by atoms with Crippen molar-refractivity contribution in [2.45, 2.75) is 45.1 Å². The van der Waals surface area contributed by atoms with Crippen LogP contribution in [-0.4, -0.2) is 22.6 Å². The van der Waals surface area contributed by atoms with E-state index >= 15 is 0 Å². The molecule has 5 nitrogen and oxygen atoms in total. The zero-order chi connectivity index (χ0) is 12.1. The lowest BCUT2D eigenvalue weighted by Gasteiger charge is -2.23. The molecule has 0 amide bonds. The molecule has 1 aromatic rings. The fourth-order valence-corrected chi connectivity index (χ4v) is 2.27. The summed E-state index contributed by atoms with van der Waals surface area (Å²) in [5.41, 5.74) is 5.69. The van der Waals surface area contributed by atoms with Crippen LogP contribution in [0.2, 0.25) is 0 Å². The summed E-state index contributed by atoms with van der Waals surface area (Å²) >= 11 is 0. The molecule has 4 N–H and O–H groups in total. The van der Waals surface area contributed by atoms with Gasteiger partial charge in [0.1, 0.15) is 11.6 Å². The number of aromatic nitrogens is 2. The second-order valence-electron chi connectivity index (χ2n) is 4.51. The Morgan fingerprint density at radius 2 is 1.94 bits per heavy atom. The topological polar surface area (TPSA) is 75.9 Å². The van der Waals surface area contributed by atoms with Gasteiger partial charge < -0.3 is 16.4 Å². The van der Waals surface area contributed by atoms with Gasteiger partial charge in [-0.2, -0.15) is 9.97 Å². The molecule has 5 heteroatoms. The molecular weight excluding hydrogens is 214 g/mol. The number of nitrogens with one attached hydrogen (secondary N) is 2. The van der Waals surface area contributed by atoms with Crippen molar-refractivity contribution >= 4 is 17.6 Å². The highest BCUT2D eigenvalue weighted by molar-refractivity contribution is 5.51. The third-order valence-electron chi connectivity index (χ3n) is 3.06. The molecule has 0 atom stereocenters. The van der Waals surface area contributed by atoms with E-state index in [-0.39, 0.29) is 0 Å². The molecule has 17 heavy (non-hydrogen) atoms. The number of nitrogens with two attached hydrogens (primary N) is 1. The SMILES string of the molecule is CCNc1cc(NC2CCCCC2)nc(N)n1. The molecule has 0 bridgehead atoms. The maximum Gasteiger partial charge on any atom is 0.223 e. The van der Waals surface area contributed by atoms with Gasteiger partial charge in [-0.25, -0.2) is 0 Å². The van der Waals surface area contributed by atoms with Crippen LogP contribution in [0.4, 0.5) is 17.6 Å². The predicted molar refractivity (Wildman–Crippen MR) is 71.1 cm³/mol. The number of nitrogen functional groups attached to an aromatic ring is 1. The Hall–Kier alpha value is -1.52. The van der Waals surface area contributed by atoms with E-state index < -0.39 is 0 Å². The van der Waals surface area contributed by atoms with E-state index in [1.165, 1.54) is 32.1 Å². The molecule has 0 aromatic carbocycles. The fraction of sp³-hybridized carbons (Fsp3) is 0.667. The van der Waals surface area contributed by atoms with Crippen molar-refractivity contribution in [2.24, 2.45) is 0 Å². The van der Waals surface area contributed by atoms with Crippen LogP contribution in [0.25, 0.3) is 0 Å². The lowest BCUT2D eigenvalue weighted by atomic mass is 9.95. The smallest absolute Gasteiger partial charge is 0.223 e. The highest BCUT2D eigenvalue weighted by Crippen LogP contribution is 2.22. The zero-order valence-corrected chi connectivity index (χ0v) is 10.4. The molecule has 1 aromatic heterocycles. The quantitative estimate of drug-likeness (QED) is 0.746. The molecular formula is C12H21N5. The lowest BCUT2D eigenvalue weighted by Crippen LogP contribution is -2.23. The standard InChI is InChI=1S/C12H21N5/c1-2-14-10-8-11(17-12(13)16-10)15-9-6-4-3-5-7-9/h8-9H,2-7H2,1H3,(H4,13,14,15,16,17). The van der Waals surface area contributed by atoms with E-state index in [9.17, 15) is 0 Å². The Labute approximate surface area is 102 Å². The van der Waals surface area contributed by atoms with Crippen molar-refractivity contribution in [3.05, 3.63) is 6.07 Å². The highest BCUT2D eigenvalue weighted by atomic mass is 15.1. The molecule has 1 fully saturated rings. The first-order chi connectivity index (χ1) is 8.28. The minimum absolute atomic E-state index is 0.321. The molecule has 1 aliphatic rings. The Bertz CT molecular complexity index is 360. The van der Waals surface area contributed by atoms with Crippen LogP contribution >= 0.6 is 0 Å². The Morgan fingerprint density at radius 1 is 1.24 bits per heavy atom. The largest absolute Gasteiger partial charge is 0.370 e. The predicted octanol–water partition coefficient (Wildman–Crippen LogP) is 2.24. The first-order valence-corrected chi connectivity index (χ1v) is 6.43. The third kappa shape index (κ3) is 3.47. The van der Waals surface area contributed by atoms with Crippen LogP contribution in [0, 0.1) is 0 Å². The number of hydrogen-bond donors (Lipinski definition) is 3. The van der Waals surface area contributed by atoms with Gasteiger partial charge in [-0.3, -0.25) is 0 Å². The Balaban J connectivity index is 2.03. The van der Waals surface area contributed by atoms with Crippen molar-refractivity contribution in [1.29, 1.82) is 0 Å². The van der Waals surface area contributed by atoms with Crippen LogP contribution in [0.5, 0.6) is 0 Å². The van der Waals surface area contributed by atoms with Crippen LogP contribution in [0.15, 0.2) is 6.07 Å². The van der Waals surface area contributed by atoms with Crippen LogP contribution in [-0.2, 0) is 0 Å². The van der Waals surface area contributed by atoms with E-state index in [0.29, 0.717) is 12.0 Å². The monoisotopic (exact) mass is 235 g/mol. The summed E-state index contributed by atoms with van der Waals surface area (Å²) in [6, 6.07) is 2.46. The van der Waals surface area contributed by atoms with Gasteiger partial charge in [-0.05, 0) is 19.8 Å². The van der Waals surface area contributed by atoms with Crippen molar-refractivity contribution in [3.8, 4) is 0 Å². The molecule has 94 valence electrons. The summed E-state index contributed by atoms with van der Waals surface area (Å²) in [5.74, 6) is 1.94. The van der Waals surface area contributed by atoms with Gasteiger partial charge >= 0.3 is 0 Å². The zero-order valence-electron chi connectivity index (χ0n) is 10.4. The Morgan fingerprint density at radius 3 is 2.65 bits per heavy atom. The third-order valence-corrected chi connectivity index (χ3v) is 3.06. The average molecular weight is 235 g/mol. The van der Waals surface area contributed by atoms with Crippen LogP contribution < -0.4 is 16.4 Å². The Kier molecular flexibility index (Phi) is 4.01. The molecule has 1 heterocycles. The van der Waals surface area contributed by atoms with Crippen LogP contribution in [0.3, 0.4) is 0 Å². The maximum absolute atomic E-state index is 5.69. The van der Waals surface area contributed by atoms with Gasteiger partial charge in [0.15, 0.2) is 0 Å². The van der Waals surface area contributed by atoms with Crippen molar-refractivity contribution < 1.29 is 0 Å². The van der Waals surface area contributed by atoms with Gasteiger partial charge in [0.05, 0.1) is 0 Å². The first-order valence-electron chi connectivity index (χ1n) is 6.43. The summed E-state index contributed by atoms with van der Waals surface area (Å²) in [5, 5.41) is 6.60. The van der Waals surface area contributed by atoms with E-state index in [2.05, 4.69) is 20.6 Å². The minimum atomic E-state index is 0.321. The van der Waals surface area contributed by atoms with Crippen molar-refractivity contribution in [1.82, 2.24) is 9.97 Å². The van der Waals surface area contributed by atoms with Crippen molar-refractivity contribution in [3.63, 3.8) is 0 Å². The number of rotatable bonds is 4. The molecule has 2 rings (SSSR count). The number of nitrogens with zero attached hydrogens (tertiary/aromatic N) is 2. The second kappa shape index (κ2) is 5.70. The van der Waals surface area contributed by atoms with E-state index in [1.807, 2.05) is 13.0 Å². The summed E-state index contributed by atoms with van der Waals surface area (Å²) in [6.07, 6.45) is 6.41. The van der Waals surface area contributed by atoms with E-state index in [1.54, 1.807) is 0 Å². The molecule has 0 unspecified atom stereocenters. The number of hydrogen-bond acceptors (Lipinski definition) is 5. The molecule has 1 saturated carbocycles. The minimum Gasteiger partial charge on any atom is -0.370 e. The summed E-state index contributed by atoms with van der Waals surface area (Å²) < 4.78 is 0. The molecule has 0 saturated heterocycles. The molecule has 0 radical (unpaired) electrons. The molecule has 0 spiro atoms. The van der Waals surface area contributed by atoms with E-state index in [0.717, 1.165) is 18.2 Å². The second-order valence-corrected chi connectivity index (χ2v) is 4.51. The molecule has 0 aliphatic heterocycles. The first kappa shape index (κ1) is 12.0. The fourth-order valence-electron chi connectivity index (χ4n) is 2.27. The van der Waals surface area contributed by atoms with Crippen LogP contribution in [0.1, 0.15) is 39.0 Å². The summed E-state index contributed by atoms with van der Waals surface area (Å²) in [7, 11) is 0. The van der Waals surface area contributed by atoms with Gasteiger partial charge in [0.25, 0.3) is 0 Å². The average Bonchev–Trinajstić information content (AvgIpc) is 2.30. The highest BCUT2D eigenvalue weighted by Gasteiger charge is 2.14. The van der Waals surface area contributed by atoms with Crippen molar-refractivity contribution in [2.75, 3.05) is 22.9 Å². The van der Waals surface area contributed by atoms with Gasteiger partial charge in [-0.1, -0.05) is 19.3 Å². The molecule has 1 aliphatic carbocycles. The normalized spacial score (nSPS) is 16.8. The lowest BCUT2D eigenvalue weighted by molar-refractivity contribution is 0.462. The van der Waals surface area contributed by atoms with Gasteiger partial charge in [-0.15, -0.1) is 0 Å².